The minimum absolute atomic E-state index is 0.0378. The third-order valence-corrected chi connectivity index (χ3v) is 5.82. The van der Waals surface area contributed by atoms with E-state index in [1.807, 2.05) is 32.0 Å². The molecular weight excluding hydrogens is 390 g/mol. The van der Waals surface area contributed by atoms with E-state index in [1.165, 1.54) is 18.4 Å². The Morgan fingerprint density at radius 1 is 1.00 bits per heavy atom. The van der Waals surface area contributed by atoms with Gasteiger partial charge in [0.25, 0.3) is 5.91 Å². The van der Waals surface area contributed by atoms with Crippen molar-refractivity contribution in [3.63, 3.8) is 0 Å². The van der Waals surface area contributed by atoms with Crippen LogP contribution < -0.4 is 15.4 Å². The first-order chi connectivity index (χ1) is 15.0. The second-order valence-corrected chi connectivity index (χ2v) is 8.34. The maximum absolute atomic E-state index is 13.0. The standard InChI is InChI=1S/C25H33N3O3/c1-18(2)23(27-24(29)20-11-13-21(31-3)14-12-20)25(30)26-17-22(28-15-7-8-16-28)19-9-5-4-6-10-19/h4-6,9-14,18,22-23H,7-8,15-17H2,1-3H3,(H,26,30)(H,27,29). The van der Waals surface area contributed by atoms with E-state index in [2.05, 4.69) is 27.7 Å². The maximum atomic E-state index is 13.0. The maximum Gasteiger partial charge on any atom is 0.251 e. The van der Waals surface area contributed by atoms with Crippen molar-refractivity contribution in [3.05, 3.63) is 65.7 Å². The number of methoxy groups -OCH3 is 1. The Morgan fingerprint density at radius 3 is 2.23 bits per heavy atom. The van der Waals surface area contributed by atoms with Gasteiger partial charge < -0.3 is 15.4 Å². The van der Waals surface area contributed by atoms with Gasteiger partial charge in [-0.25, -0.2) is 0 Å². The summed E-state index contributed by atoms with van der Waals surface area (Å²) < 4.78 is 5.14. The second kappa shape index (κ2) is 11.0. The average molecular weight is 424 g/mol. The van der Waals surface area contributed by atoms with E-state index in [0.29, 0.717) is 17.9 Å². The molecule has 2 aromatic carbocycles. The molecular formula is C25H33N3O3. The molecule has 2 aromatic rings. The fraction of sp³-hybridized carbons (Fsp3) is 0.440. The van der Waals surface area contributed by atoms with Gasteiger partial charge in [0.05, 0.1) is 13.2 Å². The zero-order chi connectivity index (χ0) is 22.2. The Morgan fingerprint density at radius 2 is 1.65 bits per heavy atom. The van der Waals surface area contributed by atoms with E-state index >= 15 is 0 Å². The summed E-state index contributed by atoms with van der Waals surface area (Å²) in [4.78, 5) is 28.2. The van der Waals surface area contributed by atoms with Gasteiger partial charge in [-0.3, -0.25) is 14.5 Å². The average Bonchev–Trinajstić information content (AvgIpc) is 3.32. The van der Waals surface area contributed by atoms with Crippen LogP contribution in [0.5, 0.6) is 5.75 Å². The predicted octanol–water partition coefficient (Wildman–Crippen LogP) is 3.40. The van der Waals surface area contributed by atoms with Crippen molar-refractivity contribution in [1.82, 2.24) is 15.5 Å². The summed E-state index contributed by atoms with van der Waals surface area (Å²) >= 11 is 0. The quantitative estimate of drug-likeness (QED) is 0.649. The molecule has 6 heteroatoms. The Bertz CT molecular complexity index is 846. The molecule has 1 heterocycles. The van der Waals surface area contributed by atoms with Gasteiger partial charge in [0.1, 0.15) is 11.8 Å². The molecule has 166 valence electrons. The summed E-state index contributed by atoms with van der Waals surface area (Å²) in [5.41, 5.74) is 1.70. The molecule has 0 bridgehead atoms. The third-order valence-electron chi connectivity index (χ3n) is 5.82. The number of carbonyl (C=O) groups excluding carboxylic acids is 2. The SMILES string of the molecule is COc1ccc(C(=O)NC(C(=O)NCC(c2ccccc2)N2CCCC2)C(C)C)cc1. The number of benzene rings is 2. The molecule has 0 radical (unpaired) electrons. The predicted molar refractivity (Wildman–Crippen MR) is 122 cm³/mol. The van der Waals surface area contributed by atoms with Gasteiger partial charge >= 0.3 is 0 Å². The lowest BCUT2D eigenvalue weighted by atomic mass is 10.0. The van der Waals surface area contributed by atoms with Crippen molar-refractivity contribution < 1.29 is 14.3 Å². The first-order valence-electron chi connectivity index (χ1n) is 11.0. The second-order valence-electron chi connectivity index (χ2n) is 8.34. The topological polar surface area (TPSA) is 70.7 Å². The molecule has 0 aliphatic carbocycles. The summed E-state index contributed by atoms with van der Waals surface area (Å²) in [5, 5.41) is 6.00. The first kappa shape index (κ1) is 22.8. The number of nitrogens with one attached hydrogen (secondary N) is 2. The highest BCUT2D eigenvalue weighted by Gasteiger charge is 2.28. The zero-order valence-corrected chi connectivity index (χ0v) is 18.6. The van der Waals surface area contributed by atoms with Gasteiger partial charge in [-0.15, -0.1) is 0 Å². The van der Waals surface area contributed by atoms with Crippen LogP contribution >= 0.6 is 0 Å². The van der Waals surface area contributed by atoms with Crippen molar-refractivity contribution in [2.45, 2.75) is 38.8 Å². The summed E-state index contributed by atoms with van der Waals surface area (Å²) in [6.45, 7) is 6.47. The van der Waals surface area contributed by atoms with Gasteiger partial charge in [0.2, 0.25) is 5.91 Å². The van der Waals surface area contributed by atoms with E-state index in [-0.39, 0.29) is 23.8 Å². The number of hydrogen-bond donors (Lipinski definition) is 2. The normalized spacial score (nSPS) is 16.0. The van der Waals surface area contributed by atoms with Crippen LogP contribution in [0.1, 0.15) is 48.7 Å². The number of nitrogens with zero attached hydrogens (tertiary/aromatic N) is 1. The first-order valence-corrected chi connectivity index (χ1v) is 11.0. The molecule has 0 spiro atoms. The Hall–Kier alpha value is -2.86. The molecule has 1 aliphatic heterocycles. The minimum atomic E-state index is -0.607. The van der Waals surface area contributed by atoms with Gasteiger partial charge in [-0.05, 0) is 61.7 Å². The molecule has 31 heavy (non-hydrogen) atoms. The van der Waals surface area contributed by atoms with E-state index in [1.54, 1.807) is 31.4 Å². The largest absolute Gasteiger partial charge is 0.497 e. The monoisotopic (exact) mass is 423 g/mol. The van der Waals surface area contributed by atoms with Crippen molar-refractivity contribution in [2.24, 2.45) is 5.92 Å². The Labute approximate surface area is 185 Å². The lowest BCUT2D eigenvalue weighted by Crippen LogP contribution is -2.51. The number of amides is 2. The van der Waals surface area contributed by atoms with Gasteiger partial charge in [0, 0.05) is 12.1 Å². The van der Waals surface area contributed by atoms with Crippen LogP contribution in [0.2, 0.25) is 0 Å². The summed E-state index contributed by atoms with van der Waals surface area (Å²) in [5.74, 6) is 0.223. The third kappa shape index (κ3) is 6.07. The molecule has 2 atom stereocenters. The van der Waals surface area contributed by atoms with Crippen molar-refractivity contribution in [3.8, 4) is 5.75 Å². The molecule has 1 aliphatic rings. The number of ether oxygens (including phenoxy) is 1. The van der Waals surface area contributed by atoms with Crippen LogP contribution in [0.3, 0.4) is 0 Å². The van der Waals surface area contributed by atoms with Gasteiger partial charge in [0.15, 0.2) is 0 Å². The van der Waals surface area contributed by atoms with Crippen LogP contribution in [-0.2, 0) is 4.79 Å². The number of carbonyl (C=O) groups is 2. The molecule has 2 N–H and O–H groups in total. The van der Waals surface area contributed by atoms with E-state index in [0.717, 1.165) is 13.1 Å². The highest BCUT2D eigenvalue weighted by Crippen LogP contribution is 2.24. The van der Waals surface area contributed by atoms with Crippen LogP contribution in [-0.4, -0.2) is 49.5 Å². The molecule has 2 amide bonds. The van der Waals surface area contributed by atoms with Crippen molar-refractivity contribution in [1.29, 1.82) is 0 Å². The molecule has 1 fully saturated rings. The van der Waals surface area contributed by atoms with E-state index in [4.69, 9.17) is 4.74 Å². The van der Waals surface area contributed by atoms with E-state index < -0.39 is 6.04 Å². The molecule has 0 saturated carbocycles. The molecule has 2 unspecified atom stereocenters. The smallest absolute Gasteiger partial charge is 0.251 e. The van der Waals surface area contributed by atoms with Gasteiger partial charge in [-0.1, -0.05) is 44.2 Å². The zero-order valence-electron chi connectivity index (χ0n) is 18.6. The Balaban J connectivity index is 1.65. The van der Waals surface area contributed by atoms with Crippen LogP contribution in [0.4, 0.5) is 0 Å². The van der Waals surface area contributed by atoms with Crippen LogP contribution in [0.15, 0.2) is 54.6 Å². The minimum Gasteiger partial charge on any atom is -0.497 e. The van der Waals surface area contributed by atoms with Crippen LogP contribution in [0.25, 0.3) is 0 Å². The lowest BCUT2D eigenvalue weighted by Gasteiger charge is -2.29. The Kier molecular flexibility index (Phi) is 8.06. The number of hydrogen-bond acceptors (Lipinski definition) is 4. The highest BCUT2D eigenvalue weighted by atomic mass is 16.5. The van der Waals surface area contributed by atoms with Gasteiger partial charge in [-0.2, -0.15) is 0 Å². The van der Waals surface area contributed by atoms with Crippen molar-refractivity contribution in [2.75, 3.05) is 26.7 Å². The molecule has 3 rings (SSSR count). The highest BCUT2D eigenvalue weighted by molar-refractivity contribution is 5.97. The fourth-order valence-electron chi connectivity index (χ4n) is 4.00. The summed E-state index contributed by atoms with van der Waals surface area (Å²) in [6.07, 6.45) is 2.37. The lowest BCUT2D eigenvalue weighted by molar-refractivity contribution is -0.124. The fourth-order valence-corrected chi connectivity index (χ4v) is 4.00. The molecule has 1 saturated heterocycles. The molecule has 0 aromatic heterocycles. The molecule has 6 nitrogen and oxygen atoms in total. The summed E-state index contributed by atoms with van der Waals surface area (Å²) in [7, 11) is 1.58. The van der Waals surface area contributed by atoms with E-state index in [9.17, 15) is 9.59 Å². The van der Waals surface area contributed by atoms with Crippen LogP contribution in [0, 0.1) is 5.92 Å². The number of likely N-dealkylation sites (tertiary alicyclic amines) is 1. The van der Waals surface area contributed by atoms with Crippen molar-refractivity contribution >= 4 is 11.8 Å². The number of rotatable bonds is 9. The summed E-state index contributed by atoms with van der Waals surface area (Å²) in [6, 6.07) is 16.7.